The van der Waals surface area contributed by atoms with Gasteiger partial charge in [0.05, 0.1) is 17.3 Å². The second kappa shape index (κ2) is 4.53. The van der Waals surface area contributed by atoms with Crippen LogP contribution in [0, 0.1) is 6.92 Å². The van der Waals surface area contributed by atoms with E-state index in [9.17, 15) is 0 Å². The van der Waals surface area contributed by atoms with Crippen LogP contribution in [-0.2, 0) is 6.54 Å². The van der Waals surface area contributed by atoms with E-state index < -0.39 is 0 Å². The molecule has 0 fully saturated rings. The Balaban J connectivity index is 2.58. The minimum Gasteiger partial charge on any atom is -0.267 e. The lowest BCUT2D eigenvalue weighted by Gasteiger charge is -1.92. The highest BCUT2D eigenvalue weighted by Gasteiger charge is 1.98. The summed E-state index contributed by atoms with van der Waals surface area (Å²) in [5.41, 5.74) is 0.857. The van der Waals surface area contributed by atoms with E-state index in [4.69, 9.17) is 23.2 Å². The van der Waals surface area contributed by atoms with Crippen LogP contribution in [0.3, 0.4) is 0 Å². The molecule has 0 saturated heterocycles. The third kappa shape index (κ3) is 2.54. The Bertz CT molecular complexity index is 259. The number of hydrogen-bond donors (Lipinski definition) is 0. The van der Waals surface area contributed by atoms with Gasteiger partial charge in [-0.25, -0.2) is 0 Å². The summed E-state index contributed by atoms with van der Waals surface area (Å²) in [6.45, 7) is 2.60. The summed E-state index contributed by atoms with van der Waals surface area (Å²) in [6.07, 6.45) is 5.64. The van der Waals surface area contributed by atoms with Gasteiger partial charge in [-0.3, -0.25) is 4.68 Å². The van der Waals surface area contributed by atoms with Crippen LogP contribution in [-0.4, -0.2) is 15.7 Å². The van der Waals surface area contributed by atoms with Crippen molar-refractivity contribution in [2.24, 2.45) is 0 Å². The Morgan fingerprint density at radius 1 is 1.58 bits per heavy atom. The van der Waals surface area contributed by atoms with Crippen molar-refractivity contribution >= 4 is 23.2 Å². The Labute approximate surface area is 81.8 Å². The molecule has 12 heavy (non-hydrogen) atoms. The quantitative estimate of drug-likeness (QED) is 0.547. The summed E-state index contributed by atoms with van der Waals surface area (Å²) < 4.78 is 1.78. The molecule has 0 amide bonds. The third-order valence-electron chi connectivity index (χ3n) is 1.43. The van der Waals surface area contributed by atoms with Gasteiger partial charge in [0.1, 0.15) is 0 Å². The van der Waals surface area contributed by atoms with Gasteiger partial charge in [-0.05, 0) is 6.92 Å². The fourth-order valence-electron chi connectivity index (χ4n) is 0.833. The number of alkyl halides is 1. The Morgan fingerprint density at radius 3 is 2.83 bits per heavy atom. The molecule has 0 atom stereocenters. The minimum absolute atomic E-state index is 0.536. The Hall–Kier alpha value is -0.470. The van der Waals surface area contributed by atoms with Gasteiger partial charge < -0.3 is 0 Å². The average Bonchev–Trinajstić information content (AvgIpc) is 2.32. The van der Waals surface area contributed by atoms with Crippen molar-refractivity contribution in [3.05, 3.63) is 29.1 Å². The standard InChI is InChI=1S/C8H10Cl2N2/c1-7-8(10)6-12(11-7)5-3-2-4-9/h2-3,6H,4-5H2,1H3. The van der Waals surface area contributed by atoms with E-state index in [0.29, 0.717) is 10.9 Å². The molecule has 0 aliphatic rings. The summed E-state index contributed by atoms with van der Waals surface area (Å²) in [4.78, 5) is 0. The molecule has 0 aliphatic heterocycles. The van der Waals surface area contributed by atoms with Crippen LogP contribution < -0.4 is 0 Å². The smallest absolute Gasteiger partial charge is 0.0815 e. The topological polar surface area (TPSA) is 17.8 Å². The lowest BCUT2D eigenvalue weighted by molar-refractivity contribution is 0.693. The molecule has 0 radical (unpaired) electrons. The first-order valence-corrected chi connectivity index (χ1v) is 4.56. The van der Waals surface area contributed by atoms with Crippen molar-refractivity contribution < 1.29 is 0 Å². The average molecular weight is 205 g/mol. The third-order valence-corrected chi connectivity index (χ3v) is 1.98. The fraction of sp³-hybridized carbons (Fsp3) is 0.375. The molecule has 1 aromatic rings. The highest BCUT2D eigenvalue weighted by atomic mass is 35.5. The Kier molecular flexibility index (Phi) is 3.63. The molecule has 0 aromatic carbocycles. The molecule has 0 spiro atoms. The number of hydrogen-bond acceptors (Lipinski definition) is 1. The van der Waals surface area contributed by atoms with Crippen LogP contribution in [0.5, 0.6) is 0 Å². The van der Waals surface area contributed by atoms with Gasteiger partial charge in [0.25, 0.3) is 0 Å². The fourth-order valence-corrected chi connectivity index (χ4v) is 1.11. The van der Waals surface area contributed by atoms with Crippen molar-refractivity contribution in [1.29, 1.82) is 0 Å². The van der Waals surface area contributed by atoms with Gasteiger partial charge in [0.15, 0.2) is 0 Å². The highest BCUT2D eigenvalue weighted by Crippen LogP contribution is 2.11. The molecule has 1 heterocycles. The maximum Gasteiger partial charge on any atom is 0.0815 e. The Morgan fingerprint density at radius 2 is 2.33 bits per heavy atom. The van der Waals surface area contributed by atoms with Crippen molar-refractivity contribution in [1.82, 2.24) is 9.78 Å². The largest absolute Gasteiger partial charge is 0.267 e. The summed E-state index contributed by atoms with van der Waals surface area (Å²) >= 11 is 11.3. The van der Waals surface area contributed by atoms with E-state index >= 15 is 0 Å². The van der Waals surface area contributed by atoms with E-state index in [1.807, 2.05) is 19.1 Å². The van der Waals surface area contributed by atoms with Crippen LogP contribution in [0.25, 0.3) is 0 Å². The molecule has 4 heteroatoms. The van der Waals surface area contributed by atoms with Crippen molar-refractivity contribution in [3.63, 3.8) is 0 Å². The molecule has 1 rings (SSSR count). The number of rotatable bonds is 3. The van der Waals surface area contributed by atoms with Gasteiger partial charge >= 0.3 is 0 Å². The highest BCUT2D eigenvalue weighted by molar-refractivity contribution is 6.31. The van der Waals surface area contributed by atoms with Crippen LogP contribution in [0.4, 0.5) is 0 Å². The molecule has 1 aromatic heterocycles. The van der Waals surface area contributed by atoms with Crippen LogP contribution in [0.15, 0.2) is 18.3 Å². The predicted octanol–water partition coefficient (Wildman–Crippen LogP) is 2.64. The van der Waals surface area contributed by atoms with Gasteiger partial charge in [0, 0.05) is 12.1 Å². The van der Waals surface area contributed by atoms with E-state index in [1.54, 1.807) is 10.9 Å². The monoisotopic (exact) mass is 204 g/mol. The van der Waals surface area contributed by atoms with Crippen LogP contribution >= 0.6 is 23.2 Å². The van der Waals surface area contributed by atoms with E-state index in [1.165, 1.54) is 0 Å². The zero-order valence-corrected chi connectivity index (χ0v) is 8.31. The molecule has 0 unspecified atom stereocenters. The van der Waals surface area contributed by atoms with Gasteiger partial charge in [-0.2, -0.15) is 5.10 Å². The summed E-state index contributed by atoms with van der Waals surface area (Å²) in [6, 6.07) is 0. The van der Waals surface area contributed by atoms with E-state index in [2.05, 4.69) is 5.10 Å². The number of aromatic nitrogens is 2. The molecule has 0 aliphatic carbocycles. The zero-order chi connectivity index (χ0) is 8.97. The molecule has 2 nitrogen and oxygen atoms in total. The second-order valence-electron chi connectivity index (χ2n) is 2.41. The number of halogens is 2. The zero-order valence-electron chi connectivity index (χ0n) is 6.80. The molecule has 0 saturated carbocycles. The first-order valence-electron chi connectivity index (χ1n) is 3.64. The van der Waals surface area contributed by atoms with Crippen molar-refractivity contribution in [3.8, 4) is 0 Å². The maximum atomic E-state index is 5.81. The van der Waals surface area contributed by atoms with E-state index in [-0.39, 0.29) is 0 Å². The molecular weight excluding hydrogens is 195 g/mol. The minimum atomic E-state index is 0.536. The molecule has 66 valence electrons. The van der Waals surface area contributed by atoms with Crippen LogP contribution in [0.2, 0.25) is 5.02 Å². The molecule has 0 bridgehead atoms. The second-order valence-corrected chi connectivity index (χ2v) is 3.13. The number of nitrogens with zero attached hydrogens (tertiary/aromatic N) is 2. The summed E-state index contributed by atoms with van der Waals surface area (Å²) in [7, 11) is 0. The van der Waals surface area contributed by atoms with Gasteiger partial charge in [-0.15, -0.1) is 11.6 Å². The van der Waals surface area contributed by atoms with Crippen molar-refractivity contribution in [2.45, 2.75) is 13.5 Å². The lowest BCUT2D eigenvalue weighted by atomic mass is 10.5. The predicted molar refractivity (Wildman–Crippen MR) is 51.8 cm³/mol. The lowest BCUT2D eigenvalue weighted by Crippen LogP contribution is -1.95. The van der Waals surface area contributed by atoms with Crippen molar-refractivity contribution in [2.75, 3.05) is 5.88 Å². The number of allylic oxidation sites excluding steroid dienone is 2. The molecule has 0 N–H and O–H groups in total. The molecular formula is C8H10Cl2N2. The van der Waals surface area contributed by atoms with Gasteiger partial charge in [0.2, 0.25) is 0 Å². The maximum absolute atomic E-state index is 5.81. The SMILES string of the molecule is Cc1nn(CC=CCCl)cc1Cl. The summed E-state index contributed by atoms with van der Waals surface area (Å²) in [5, 5.41) is 4.88. The van der Waals surface area contributed by atoms with E-state index in [0.717, 1.165) is 12.2 Å². The first-order chi connectivity index (χ1) is 5.74. The number of aryl methyl sites for hydroxylation is 1. The normalized spacial score (nSPS) is 11.2. The summed E-state index contributed by atoms with van der Waals surface area (Å²) in [5.74, 6) is 0.536. The van der Waals surface area contributed by atoms with Gasteiger partial charge in [-0.1, -0.05) is 23.8 Å². The first kappa shape index (κ1) is 9.62. The van der Waals surface area contributed by atoms with Crippen LogP contribution in [0.1, 0.15) is 5.69 Å².